The number of hydrazine groups is 1. The second-order valence-electron chi connectivity index (χ2n) is 4.39. The van der Waals surface area contributed by atoms with Crippen LogP contribution in [0.5, 0.6) is 0 Å². The molecule has 0 spiro atoms. The standard InChI is InChI=1S/C10H15BrN4O2S/c1-6(7-2-3-7)15-18(16,17)9-4-8(11)5-13-10(9)14-12/h4-7,15H,2-3,12H2,1H3,(H,13,14). The summed E-state index contributed by atoms with van der Waals surface area (Å²) < 4.78 is 27.7. The highest BCUT2D eigenvalue weighted by molar-refractivity contribution is 9.10. The molecule has 1 unspecified atom stereocenters. The highest BCUT2D eigenvalue weighted by atomic mass is 79.9. The quantitative estimate of drug-likeness (QED) is 0.555. The van der Waals surface area contributed by atoms with Crippen molar-refractivity contribution in [3.63, 3.8) is 0 Å². The van der Waals surface area contributed by atoms with Gasteiger partial charge in [-0.2, -0.15) is 0 Å². The van der Waals surface area contributed by atoms with Crippen LogP contribution in [0.25, 0.3) is 0 Å². The summed E-state index contributed by atoms with van der Waals surface area (Å²) in [4.78, 5) is 3.98. The Kier molecular flexibility index (Phi) is 3.90. The molecular formula is C10H15BrN4O2S. The maximum Gasteiger partial charge on any atom is 0.244 e. The molecule has 0 bridgehead atoms. The Labute approximate surface area is 115 Å². The molecule has 1 aliphatic rings. The van der Waals surface area contributed by atoms with Crippen LogP contribution in [0.1, 0.15) is 19.8 Å². The number of halogens is 1. The maximum absolute atomic E-state index is 12.2. The second kappa shape index (κ2) is 5.12. The molecule has 1 aliphatic carbocycles. The Morgan fingerprint density at radius 3 is 2.78 bits per heavy atom. The largest absolute Gasteiger partial charge is 0.307 e. The van der Waals surface area contributed by atoms with E-state index in [1.807, 2.05) is 6.92 Å². The van der Waals surface area contributed by atoms with E-state index in [0.717, 1.165) is 12.8 Å². The van der Waals surface area contributed by atoms with Gasteiger partial charge in [0.25, 0.3) is 0 Å². The van der Waals surface area contributed by atoms with Crippen LogP contribution in [-0.2, 0) is 10.0 Å². The van der Waals surface area contributed by atoms with E-state index in [0.29, 0.717) is 10.4 Å². The first-order chi connectivity index (χ1) is 8.44. The average molecular weight is 335 g/mol. The Hall–Kier alpha value is -0.700. The number of hydrogen-bond donors (Lipinski definition) is 3. The molecule has 1 atom stereocenters. The first kappa shape index (κ1) is 13.7. The van der Waals surface area contributed by atoms with Gasteiger partial charge in [-0.15, -0.1) is 0 Å². The molecule has 1 heterocycles. The lowest BCUT2D eigenvalue weighted by molar-refractivity contribution is 0.538. The molecule has 2 rings (SSSR count). The van der Waals surface area contributed by atoms with Gasteiger partial charge in [-0.3, -0.25) is 0 Å². The van der Waals surface area contributed by atoms with Gasteiger partial charge in [-0.05, 0) is 47.7 Å². The van der Waals surface area contributed by atoms with Crippen molar-refractivity contribution in [3.8, 4) is 0 Å². The van der Waals surface area contributed by atoms with Gasteiger partial charge in [0.1, 0.15) is 4.90 Å². The van der Waals surface area contributed by atoms with Crippen LogP contribution in [0, 0.1) is 5.92 Å². The molecule has 100 valence electrons. The Bertz CT molecular complexity index is 545. The van der Waals surface area contributed by atoms with E-state index in [2.05, 4.69) is 31.1 Å². The molecule has 1 aromatic rings. The summed E-state index contributed by atoms with van der Waals surface area (Å²) in [6.07, 6.45) is 3.63. The fraction of sp³-hybridized carbons (Fsp3) is 0.500. The van der Waals surface area contributed by atoms with Crippen molar-refractivity contribution in [2.75, 3.05) is 5.43 Å². The molecule has 4 N–H and O–H groups in total. The predicted octanol–water partition coefficient (Wildman–Crippen LogP) is 1.21. The molecular weight excluding hydrogens is 320 g/mol. The van der Waals surface area contributed by atoms with E-state index in [1.165, 1.54) is 12.3 Å². The van der Waals surface area contributed by atoms with E-state index in [-0.39, 0.29) is 16.8 Å². The number of rotatable bonds is 5. The minimum atomic E-state index is -3.61. The van der Waals surface area contributed by atoms with Crippen molar-refractivity contribution < 1.29 is 8.42 Å². The van der Waals surface area contributed by atoms with E-state index < -0.39 is 10.0 Å². The summed E-state index contributed by atoms with van der Waals surface area (Å²) in [6, 6.07) is 1.41. The maximum atomic E-state index is 12.2. The smallest absolute Gasteiger partial charge is 0.244 e. The summed E-state index contributed by atoms with van der Waals surface area (Å²) in [5, 5.41) is 0. The summed E-state index contributed by atoms with van der Waals surface area (Å²) in [6.45, 7) is 1.87. The van der Waals surface area contributed by atoms with Crippen molar-refractivity contribution in [2.45, 2.75) is 30.7 Å². The number of nitrogen functional groups attached to an aromatic ring is 1. The summed E-state index contributed by atoms with van der Waals surface area (Å²) in [5.41, 5.74) is 2.30. The van der Waals surface area contributed by atoms with Gasteiger partial charge in [0, 0.05) is 16.7 Å². The molecule has 6 nitrogen and oxygen atoms in total. The van der Waals surface area contributed by atoms with Crippen LogP contribution in [-0.4, -0.2) is 19.4 Å². The van der Waals surface area contributed by atoms with Crippen molar-refractivity contribution in [1.82, 2.24) is 9.71 Å². The summed E-state index contributed by atoms with van der Waals surface area (Å²) >= 11 is 3.20. The predicted molar refractivity (Wildman–Crippen MR) is 72.3 cm³/mol. The molecule has 0 amide bonds. The minimum Gasteiger partial charge on any atom is -0.307 e. The molecule has 0 radical (unpaired) electrons. The van der Waals surface area contributed by atoms with Crippen LogP contribution in [0.15, 0.2) is 21.6 Å². The summed E-state index contributed by atoms with van der Waals surface area (Å²) in [7, 11) is -3.61. The van der Waals surface area contributed by atoms with Gasteiger partial charge in [-0.1, -0.05) is 0 Å². The van der Waals surface area contributed by atoms with Crippen LogP contribution in [0.4, 0.5) is 5.82 Å². The van der Waals surface area contributed by atoms with Crippen LogP contribution in [0.2, 0.25) is 0 Å². The lowest BCUT2D eigenvalue weighted by Gasteiger charge is -2.15. The molecule has 0 aromatic carbocycles. The fourth-order valence-electron chi connectivity index (χ4n) is 1.73. The number of nitrogens with two attached hydrogens (primary N) is 1. The third-order valence-corrected chi connectivity index (χ3v) is 4.92. The molecule has 18 heavy (non-hydrogen) atoms. The van der Waals surface area contributed by atoms with Crippen LogP contribution < -0.4 is 16.0 Å². The molecule has 8 heteroatoms. The summed E-state index contributed by atoms with van der Waals surface area (Å²) in [5.74, 6) is 5.85. The van der Waals surface area contributed by atoms with E-state index in [4.69, 9.17) is 5.84 Å². The molecule has 0 saturated heterocycles. The first-order valence-electron chi connectivity index (χ1n) is 5.58. The molecule has 1 saturated carbocycles. The third kappa shape index (κ3) is 3.00. The Morgan fingerprint density at radius 1 is 1.56 bits per heavy atom. The Morgan fingerprint density at radius 2 is 2.22 bits per heavy atom. The zero-order valence-corrected chi connectivity index (χ0v) is 12.3. The molecule has 0 aliphatic heterocycles. The second-order valence-corrected chi connectivity index (χ2v) is 6.99. The number of anilines is 1. The average Bonchev–Trinajstić information content (AvgIpc) is 3.12. The van der Waals surface area contributed by atoms with Crippen molar-refractivity contribution in [3.05, 3.63) is 16.7 Å². The van der Waals surface area contributed by atoms with Crippen LogP contribution >= 0.6 is 15.9 Å². The SMILES string of the molecule is CC(NS(=O)(=O)c1cc(Br)cnc1NN)C1CC1. The van der Waals surface area contributed by atoms with Gasteiger partial charge in [0.2, 0.25) is 10.0 Å². The lowest BCUT2D eigenvalue weighted by Crippen LogP contribution is -2.34. The van der Waals surface area contributed by atoms with Crippen LogP contribution in [0.3, 0.4) is 0 Å². The third-order valence-electron chi connectivity index (χ3n) is 2.92. The number of aromatic nitrogens is 1. The van der Waals surface area contributed by atoms with E-state index in [1.54, 1.807) is 0 Å². The first-order valence-corrected chi connectivity index (χ1v) is 7.86. The molecule has 1 aromatic heterocycles. The number of sulfonamides is 1. The van der Waals surface area contributed by atoms with E-state index in [9.17, 15) is 8.42 Å². The fourth-order valence-corrected chi connectivity index (χ4v) is 3.67. The molecule has 1 fully saturated rings. The number of nitrogens with zero attached hydrogens (tertiary/aromatic N) is 1. The topological polar surface area (TPSA) is 97.1 Å². The van der Waals surface area contributed by atoms with Gasteiger partial charge < -0.3 is 5.43 Å². The zero-order chi connectivity index (χ0) is 13.3. The normalized spacial score (nSPS) is 17.5. The van der Waals surface area contributed by atoms with Gasteiger partial charge >= 0.3 is 0 Å². The van der Waals surface area contributed by atoms with Gasteiger partial charge in [0.15, 0.2) is 5.82 Å². The van der Waals surface area contributed by atoms with Crippen molar-refractivity contribution in [1.29, 1.82) is 0 Å². The zero-order valence-electron chi connectivity index (χ0n) is 9.85. The number of nitrogens with one attached hydrogen (secondary N) is 2. The highest BCUT2D eigenvalue weighted by Gasteiger charge is 2.32. The lowest BCUT2D eigenvalue weighted by atomic mass is 10.2. The van der Waals surface area contributed by atoms with Crippen molar-refractivity contribution in [2.24, 2.45) is 11.8 Å². The minimum absolute atomic E-state index is 0.0480. The number of hydrogen-bond acceptors (Lipinski definition) is 5. The van der Waals surface area contributed by atoms with Gasteiger partial charge in [0.05, 0.1) is 0 Å². The van der Waals surface area contributed by atoms with Gasteiger partial charge in [-0.25, -0.2) is 24.0 Å². The number of pyridine rings is 1. The Balaban J connectivity index is 2.30. The highest BCUT2D eigenvalue weighted by Crippen LogP contribution is 2.33. The van der Waals surface area contributed by atoms with Crippen molar-refractivity contribution >= 4 is 31.8 Å². The van der Waals surface area contributed by atoms with E-state index >= 15 is 0 Å². The monoisotopic (exact) mass is 334 g/mol.